The molecule has 0 unspecified atom stereocenters. The van der Waals surface area contributed by atoms with Gasteiger partial charge in [-0.15, -0.1) is 0 Å². The Kier molecular flexibility index (Phi) is 10.2. The van der Waals surface area contributed by atoms with Gasteiger partial charge in [-0.3, -0.25) is 4.79 Å². The molecule has 0 atom stereocenters. The standard InChI is InChI=1S/C25H34O3/c1-3-4-5-6-7-8-9-13-18-27-25-17-16-23(19-24(25)21(2)26)28-20-22-14-11-10-12-15-22/h10-12,14-17,19H,3-9,13,18,20H2,1-2H3. The van der Waals surface area contributed by atoms with Gasteiger partial charge in [-0.2, -0.15) is 0 Å². The maximum atomic E-state index is 12.0. The highest BCUT2D eigenvalue weighted by atomic mass is 16.5. The molecular weight excluding hydrogens is 348 g/mol. The first-order chi connectivity index (χ1) is 13.7. The summed E-state index contributed by atoms with van der Waals surface area (Å²) in [5.74, 6) is 1.34. The molecular formula is C25H34O3. The second-order valence-electron chi connectivity index (χ2n) is 7.31. The van der Waals surface area contributed by atoms with E-state index in [0.29, 0.717) is 30.3 Å². The summed E-state index contributed by atoms with van der Waals surface area (Å²) in [7, 11) is 0. The Morgan fingerprint density at radius 1 is 0.821 bits per heavy atom. The van der Waals surface area contributed by atoms with Crippen LogP contribution in [0.15, 0.2) is 48.5 Å². The van der Waals surface area contributed by atoms with E-state index in [1.54, 1.807) is 13.0 Å². The molecule has 152 valence electrons. The fourth-order valence-corrected chi connectivity index (χ4v) is 3.16. The lowest BCUT2D eigenvalue weighted by molar-refractivity contribution is 0.101. The molecule has 0 N–H and O–H groups in total. The molecule has 0 bridgehead atoms. The van der Waals surface area contributed by atoms with Gasteiger partial charge < -0.3 is 9.47 Å². The summed E-state index contributed by atoms with van der Waals surface area (Å²) in [6, 6.07) is 15.5. The van der Waals surface area contributed by atoms with Gasteiger partial charge in [-0.25, -0.2) is 0 Å². The van der Waals surface area contributed by atoms with E-state index in [9.17, 15) is 4.79 Å². The SMILES string of the molecule is CCCCCCCCCCOc1ccc(OCc2ccccc2)cc1C(C)=O. The van der Waals surface area contributed by atoms with E-state index in [-0.39, 0.29) is 5.78 Å². The first kappa shape index (κ1) is 22.0. The normalized spacial score (nSPS) is 10.6. The van der Waals surface area contributed by atoms with Gasteiger partial charge >= 0.3 is 0 Å². The fraction of sp³-hybridized carbons (Fsp3) is 0.480. The van der Waals surface area contributed by atoms with E-state index < -0.39 is 0 Å². The summed E-state index contributed by atoms with van der Waals surface area (Å²) in [6.45, 7) is 4.95. The zero-order valence-electron chi connectivity index (χ0n) is 17.4. The summed E-state index contributed by atoms with van der Waals surface area (Å²) >= 11 is 0. The van der Waals surface area contributed by atoms with Gasteiger partial charge in [-0.05, 0) is 37.1 Å². The summed E-state index contributed by atoms with van der Waals surface area (Å²) in [5, 5.41) is 0. The van der Waals surface area contributed by atoms with Crippen LogP contribution in [0.25, 0.3) is 0 Å². The van der Waals surface area contributed by atoms with E-state index in [4.69, 9.17) is 9.47 Å². The summed E-state index contributed by atoms with van der Waals surface area (Å²) in [6.07, 6.45) is 10.1. The minimum absolute atomic E-state index is 0.00362. The topological polar surface area (TPSA) is 35.5 Å². The molecule has 2 aromatic carbocycles. The molecule has 0 radical (unpaired) electrons. The summed E-state index contributed by atoms with van der Waals surface area (Å²) in [5.41, 5.74) is 1.69. The van der Waals surface area contributed by atoms with Crippen LogP contribution in [0.5, 0.6) is 11.5 Å². The summed E-state index contributed by atoms with van der Waals surface area (Å²) in [4.78, 5) is 12.0. The molecule has 0 saturated carbocycles. The average Bonchev–Trinajstić information content (AvgIpc) is 2.72. The zero-order chi connectivity index (χ0) is 20.0. The van der Waals surface area contributed by atoms with Gasteiger partial charge in [0.25, 0.3) is 0 Å². The number of ether oxygens (including phenoxy) is 2. The zero-order valence-corrected chi connectivity index (χ0v) is 17.4. The van der Waals surface area contributed by atoms with Gasteiger partial charge in [0, 0.05) is 0 Å². The second-order valence-corrected chi connectivity index (χ2v) is 7.31. The monoisotopic (exact) mass is 382 g/mol. The second kappa shape index (κ2) is 13.0. The molecule has 3 nitrogen and oxygen atoms in total. The highest BCUT2D eigenvalue weighted by Gasteiger charge is 2.11. The fourth-order valence-electron chi connectivity index (χ4n) is 3.16. The van der Waals surface area contributed by atoms with Crippen molar-refractivity contribution in [2.24, 2.45) is 0 Å². The van der Waals surface area contributed by atoms with Crippen molar-refractivity contribution in [1.29, 1.82) is 0 Å². The molecule has 2 rings (SSSR count). The lowest BCUT2D eigenvalue weighted by Crippen LogP contribution is -2.04. The van der Waals surface area contributed by atoms with Crippen LogP contribution in [-0.2, 0) is 6.61 Å². The molecule has 3 heteroatoms. The minimum Gasteiger partial charge on any atom is -0.493 e. The Morgan fingerprint density at radius 3 is 2.18 bits per heavy atom. The maximum absolute atomic E-state index is 12.0. The molecule has 2 aromatic rings. The van der Waals surface area contributed by atoms with Crippen molar-refractivity contribution in [3.05, 3.63) is 59.7 Å². The van der Waals surface area contributed by atoms with E-state index in [0.717, 1.165) is 12.0 Å². The molecule has 0 fully saturated rings. The Hall–Kier alpha value is -2.29. The van der Waals surface area contributed by atoms with E-state index in [1.807, 2.05) is 42.5 Å². The predicted molar refractivity (Wildman–Crippen MR) is 115 cm³/mol. The lowest BCUT2D eigenvalue weighted by atomic mass is 10.1. The largest absolute Gasteiger partial charge is 0.493 e. The molecule has 0 aliphatic heterocycles. The third-order valence-corrected chi connectivity index (χ3v) is 4.83. The van der Waals surface area contributed by atoms with Crippen molar-refractivity contribution in [2.75, 3.05) is 6.61 Å². The Morgan fingerprint density at radius 2 is 1.50 bits per heavy atom. The van der Waals surface area contributed by atoms with Crippen molar-refractivity contribution >= 4 is 5.78 Å². The average molecular weight is 383 g/mol. The van der Waals surface area contributed by atoms with Crippen LogP contribution in [0.3, 0.4) is 0 Å². The van der Waals surface area contributed by atoms with Gasteiger partial charge in [0.15, 0.2) is 5.78 Å². The number of carbonyl (C=O) groups is 1. The molecule has 0 amide bonds. The molecule has 0 aliphatic carbocycles. The summed E-state index contributed by atoms with van der Waals surface area (Å²) < 4.78 is 11.7. The van der Waals surface area contributed by atoms with E-state index in [1.165, 1.54) is 44.9 Å². The number of hydrogen-bond donors (Lipinski definition) is 0. The third kappa shape index (κ3) is 8.16. The lowest BCUT2D eigenvalue weighted by Gasteiger charge is -2.12. The minimum atomic E-state index is -0.00362. The predicted octanol–water partition coefficient (Wildman–Crippen LogP) is 6.99. The van der Waals surface area contributed by atoms with Gasteiger partial charge in [-0.1, -0.05) is 82.2 Å². The van der Waals surface area contributed by atoms with Crippen LogP contribution in [0.4, 0.5) is 0 Å². The first-order valence-electron chi connectivity index (χ1n) is 10.6. The smallest absolute Gasteiger partial charge is 0.163 e. The van der Waals surface area contributed by atoms with Crippen molar-refractivity contribution in [2.45, 2.75) is 71.8 Å². The Bertz CT molecular complexity index is 694. The molecule has 28 heavy (non-hydrogen) atoms. The number of unbranched alkanes of at least 4 members (excludes halogenated alkanes) is 7. The van der Waals surface area contributed by atoms with Crippen molar-refractivity contribution < 1.29 is 14.3 Å². The number of benzene rings is 2. The van der Waals surface area contributed by atoms with Gasteiger partial charge in [0.05, 0.1) is 12.2 Å². The first-order valence-corrected chi connectivity index (χ1v) is 10.6. The van der Waals surface area contributed by atoms with E-state index in [2.05, 4.69) is 6.92 Å². The highest BCUT2D eigenvalue weighted by Crippen LogP contribution is 2.26. The molecule has 0 aliphatic rings. The number of hydrogen-bond acceptors (Lipinski definition) is 3. The highest BCUT2D eigenvalue weighted by molar-refractivity contribution is 5.97. The van der Waals surface area contributed by atoms with Crippen LogP contribution >= 0.6 is 0 Å². The van der Waals surface area contributed by atoms with Crippen molar-refractivity contribution in [3.63, 3.8) is 0 Å². The Balaban J connectivity index is 1.76. The van der Waals surface area contributed by atoms with Crippen molar-refractivity contribution in [1.82, 2.24) is 0 Å². The molecule has 0 aromatic heterocycles. The van der Waals surface area contributed by atoms with Crippen LogP contribution in [-0.4, -0.2) is 12.4 Å². The number of carbonyl (C=O) groups excluding carboxylic acids is 1. The maximum Gasteiger partial charge on any atom is 0.163 e. The van der Waals surface area contributed by atoms with Gasteiger partial charge in [0.2, 0.25) is 0 Å². The number of Topliss-reactive ketones (excluding diaryl/α,β-unsaturated/α-hetero) is 1. The molecule has 0 saturated heterocycles. The number of rotatable bonds is 14. The van der Waals surface area contributed by atoms with Crippen LogP contribution < -0.4 is 9.47 Å². The van der Waals surface area contributed by atoms with E-state index >= 15 is 0 Å². The van der Waals surface area contributed by atoms with Crippen molar-refractivity contribution in [3.8, 4) is 11.5 Å². The molecule has 0 heterocycles. The van der Waals surface area contributed by atoms with Crippen LogP contribution in [0, 0.1) is 0 Å². The number of ketones is 1. The quantitative estimate of drug-likeness (QED) is 0.261. The Labute approximate surface area is 170 Å². The third-order valence-electron chi connectivity index (χ3n) is 4.83. The molecule has 0 spiro atoms. The van der Waals surface area contributed by atoms with Crippen LogP contribution in [0.1, 0.15) is 81.1 Å². The van der Waals surface area contributed by atoms with Gasteiger partial charge in [0.1, 0.15) is 18.1 Å². The van der Waals surface area contributed by atoms with Crippen LogP contribution in [0.2, 0.25) is 0 Å².